The van der Waals surface area contributed by atoms with E-state index in [9.17, 15) is 0 Å². The zero-order chi connectivity index (χ0) is 10.7. The highest BCUT2D eigenvalue weighted by Crippen LogP contribution is 2.34. The highest BCUT2D eigenvalue weighted by atomic mass is 35.5. The Morgan fingerprint density at radius 2 is 2.27 bits per heavy atom. The second kappa shape index (κ2) is 4.54. The van der Waals surface area contributed by atoms with Crippen molar-refractivity contribution in [3.63, 3.8) is 0 Å². The van der Waals surface area contributed by atoms with Gasteiger partial charge in [-0.3, -0.25) is 0 Å². The van der Waals surface area contributed by atoms with E-state index in [-0.39, 0.29) is 5.54 Å². The molecule has 1 aliphatic heterocycles. The van der Waals surface area contributed by atoms with Gasteiger partial charge in [0.25, 0.3) is 0 Å². The van der Waals surface area contributed by atoms with E-state index in [1.807, 2.05) is 12.1 Å². The Morgan fingerprint density at radius 1 is 1.40 bits per heavy atom. The maximum Gasteiger partial charge on any atom is 0.0432 e. The molecule has 1 saturated heterocycles. The topological polar surface area (TPSA) is 12.0 Å². The zero-order valence-corrected chi connectivity index (χ0v) is 9.98. The second-order valence-electron chi connectivity index (χ2n) is 4.33. The molecule has 1 nitrogen and oxygen atoms in total. The summed E-state index contributed by atoms with van der Waals surface area (Å²) in [7, 11) is 0. The minimum absolute atomic E-state index is 0.170. The smallest absolute Gasteiger partial charge is 0.0432 e. The minimum Gasteiger partial charge on any atom is -0.307 e. The molecule has 0 saturated carbocycles. The summed E-state index contributed by atoms with van der Waals surface area (Å²) in [6, 6.07) is 8.28. The summed E-state index contributed by atoms with van der Waals surface area (Å²) in [6.07, 6.45) is 4.97. The second-order valence-corrected chi connectivity index (χ2v) is 4.77. The maximum atomic E-state index is 6.06. The molecule has 1 unspecified atom stereocenters. The predicted octanol–water partition coefficient (Wildman–Crippen LogP) is 3.72. The van der Waals surface area contributed by atoms with Crippen LogP contribution < -0.4 is 5.32 Å². The fourth-order valence-corrected chi connectivity index (χ4v) is 2.70. The van der Waals surface area contributed by atoms with Crippen LogP contribution in [0.1, 0.15) is 38.2 Å². The van der Waals surface area contributed by atoms with Crippen LogP contribution in [0.5, 0.6) is 0 Å². The number of rotatable bonds is 2. The Bertz CT molecular complexity index is 329. The van der Waals surface area contributed by atoms with Gasteiger partial charge >= 0.3 is 0 Å². The van der Waals surface area contributed by atoms with Crippen LogP contribution in [0.2, 0.25) is 5.02 Å². The van der Waals surface area contributed by atoms with Crippen molar-refractivity contribution < 1.29 is 0 Å². The number of halogens is 1. The van der Waals surface area contributed by atoms with Crippen molar-refractivity contribution in [2.45, 2.75) is 38.1 Å². The lowest BCUT2D eigenvalue weighted by Gasteiger charge is -2.38. The lowest BCUT2D eigenvalue weighted by molar-refractivity contribution is 0.248. The molecule has 0 spiro atoms. The summed E-state index contributed by atoms with van der Waals surface area (Å²) in [5, 5.41) is 4.51. The number of hydrogen-bond donors (Lipinski definition) is 1. The van der Waals surface area contributed by atoms with Crippen molar-refractivity contribution in [2.24, 2.45) is 0 Å². The molecule has 2 rings (SSSR count). The van der Waals surface area contributed by atoms with Crippen molar-refractivity contribution in [2.75, 3.05) is 6.54 Å². The van der Waals surface area contributed by atoms with Gasteiger partial charge in [0.05, 0.1) is 0 Å². The van der Waals surface area contributed by atoms with Gasteiger partial charge in [0.15, 0.2) is 0 Å². The van der Waals surface area contributed by atoms with Crippen LogP contribution in [0.3, 0.4) is 0 Å². The Morgan fingerprint density at radius 3 is 2.87 bits per heavy atom. The molecule has 1 aromatic carbocycles. The quantitative estimate of drug-likeness (QED) is 0.806. The molecule has 0 radical (unpaired) electrons. The van der Waals surface area contributed by atoms with Crippen LogP contribution in [-0.2, 0) is 5.54 Å². The molecule has 1 heterocycles. The number of benzene rings is 1. The molecule has 1 fully saturated rings. The number of nitrogens with one attached hydrogen (secondary N) is 1. The van der Waals surface area contributed by atoms with Crippen LogP contribution in [0.15, 0.2) is 24.3 Å². The number of piperidine rings is 1. The Hall–Kier alpha value is -0.530. The summed E-state index contributed by atoms with van der Waals surface area (Å²) in [5.41, 5.74) is 1.51. The largest absolute Gasteiger partial charge is 0.307 e. The van der Waals surface area contributed by atoms with E-state index in [0.717, 1.165) is 18.0 Å². The van der Waals surface area contributed by atoms with E-state index >= 15 is 0 Å². The standard InChI is InChI=1S/C13H18ClN/c1-2-13(8-3-4-9-15-13)11-6-5-7-12(14)10-11/h5-7,10,15H,2-4,8-9H2,1H3. The van der Waals surface area contributed by atoms with Gasteiger partial charge in [-0.2, -0.15) is 0 Å². The summed E-state index contributed by atoms with van der Waals surface area (Å²) >= 11 is 6.06. The average molecular weight is 224 g/mol. The van der Waals surface area contributed by atoms with E-state index < -0.39 is 0 Å². The third-order valence-electron chi connectivity index (χ3n) is 3.47. The first-order chi connectivity index (χ1) is 7.27. The summed E-state index contributed by atoms with van der Waals surface area (Å²) < 4.78 is 0. The molecule has 1 atom stereocenters. The Labute approximate surface area is 96.8 Å². The summed E-state index contributed by atoms with van der Waals surface area (Å²) in [5.74, 6) is 0. The van der Waals surface area contributed by atoms with Gasteiger partial charge < -0.3 is 5.32 Å². The number of hydrogen-bond acceptors (Lipinski definition) is 1. The lowest BCUT2D eigenvalue weighted by Crippen LogP contribution is -2.45. The third kappa shape index (κ3) is 2.19. The van der Waals surface area contributed by atoms with Gasteiger partial charge in [0.2, 0.25) is 0 Å². The SMILES string of the molecule is CCC1(c2cccc(Cl)c2)CCCCN1. The molecule has 0 aromatic heterocycles. The molecule has 15 heavy (non-hydrogen) atoms. The Kier molecular flexibility index (Phi) is 3.32. The molecule has 1 N–H and O–H groups in total. The van der Waals surface area contributed by atoms with Gasteiger partial charge in [-0.05, 0) is 43.5 Å². The van der Waals surface area contributed by atoms with Gasteiger partial charge in [-0.25, -0.2) is 0 Å². The van der Waals surface area contributed by atoms with Gasteiger partial charge in [-0.15, -0.1) is 0 Å². The highest BCUT2D eigenvalue weighted by molar-refractivity contribution is 6.30. The first-order valence-corrected chi connectivity index (χ1v) is 6.16. The lowest BCUT2D eigenvalue weighted by atomic mass is 9.80. The molecule has 0 amide bonds. The molecule has 82 valence electrons. The van der Waals surface area contributed by atoms with E-state index in [1.165, 1.54) is 24.8 Å². The van der Waals surface area contributed by atoms with Crippen molar-refractivity contribution in [1.82, 2.24) is 5.32 Å². The average Bonchev–Trinajstić information content (AvgIpc) is 2.30. The van der Waals surface area contributed by atoms with Crippen molar-refractivity contribution >= 4 is 11.6 Å². The van der Waals surface area contributed by atoms with Crippen LogP contribution in [0.25, 0.3) is 0 Å². The van der Waals surface area contributed by atoms with Gasteiger partial charge in [-0.1, -0.05) is 37.1 Å². The molecule has 0 bridgehead atoms. The molecule has 2 heteroatoms. The van der Waals surface area contributed by atoms with Gasteiger partial charge in [0, 0.05) is 10.6 Å². The van der Waals surface area contributed by atoms with Crippen molar-refractivity contribution in [3.05, 3.63) is 34.9 Å². The van der Waals surface area contributed by atoms with Crippen LogP contribution in [0, 0.1) is 0 Å². The molecule has 0 aliphatic carbocycles. The zero-order valence-electron chi connectivity index (χ0n) is 9.22. The van der Waals surface area contributed by atoms with E-state index in [1.54, 1.807) is 0 Å². The summed E-state index contributed by atoms with van der Waals surface area (Å²) in [6.45, 7) is 3.37. The van der Waals surface area contributed by atoms with Crippen LogP contribution in [-0.4, -0.2) is 6.54 Å². The van der Waals surface area contributed by atoms with E-state index in [0.29, 0.717) is 0 Å². The first-order valence-electron chi connectivity index (χ1n) is 5.78. The molecular formula is C13H18ClN. The fourth-order valence-electron chi connectivity index (χ4n) is 2.51. The first kappa shape index (κ1) is 11.0. The monoisotopic (exact) mass is 223 g/mol. The van der Waals surface area contributed by atoms with Crippen LogP contribution in [0.4, 0.5) is 0 Å². The van der Waals surface area contributed by atoms with E-state index in [2.05, 4.69) is 24.4 Å². The van der Waals surface area contributed by atoms with Crippen molar-refractivity contribution in [3.8, 4) is 0 Å². The highest BCUT2D eigenvalue weighted by Gasteiger charge is 2.31. The molecule has 1 aromatic rings. The molecule has 1 aliphatic rings. The Balaban J connectivity index is 2.32. The van der Waals surface area contributed by atoms with Gasteiger partial charge in [0.1, 0.15) is 0 Å². The maximum absolute atomic E-state index is 6.06. The normalized spacial score (nSPS) is 26.5. The van der Waals surface area contributed by atoms with Crippen molar-refractivity contribution in [1.29, 1.82) is 0 Å². The molecular weight excluding hydrogens is 206 g/mol. The minimum atomic E-state index is 0.170. The van der Waals surface area contributed by atoms with Crippen LogP contribution >= 0.6 is 11.6 Å². The fraction of sp³-hybridized carbons (Fsp3) is 0.538. The van der Waals surface area contributed by atoms with E-state index in [4.69, 9.17) is 11.6 Å². The third-order valence-corrected chi connectivity index (χ3v) is 3.71. The predicted molar refractivity (Wildman–Crippen MR) is 65.3 cm³/mol. The summed E-state index contributed by atoms with van der Waals surface area (Å²) in [4.78, 5) is 0.